The molecule has 0 aliphatic carbocycles. The topological polar surface area (TPSA) is 68.2 Å². The van der Waals surface area contributed by atoms with Crippen molar-refractivity contribution in [3.8, 4) is 0 Å². The van der Waals surface area contributed by atoms with Gasteiger partial charge in [0.25, 0.3) is 5.91 Å². The van der Waals surface area contributed by atoms with Crippen molar-refractivity contribution in [2.75, 3.05) is 45.6 Å². The molecule has 1 fully saturated rings. The van der Waals surface area contributed by atoms with E-state index in [1.807, 2.05) is 25.1 Å². The zero-order chi connectivity index (χ0) is 19.4. The number of fused-ring (bicyclic) bond motifs is 1. The van der Waals surface area contributed by atoms with Gasteiger partial charge in [0.1, 0.15) is 12.4 Å². The standard InChI is InChI=1S/C19H26ClN5O2/c1-23(2)9-4-10-25-18(26)13-24-12-14(7-8-17(24)22-25)19(27)21-16-6-3-5-15(20)11-16/h3,5-6,11,14H,4,7-10,12-13H2,1-2H3,(H,21,27). The fraction of sp³-hybridized carbons (Fsp3) is 0.526. The maximum absolute atomic E-state index is 12.6. The third kappa shape index (κ3) is 5.20. The maximum atomic E-state index is 12.6. The van der Waals surface area contributed by atoms with Crippen LogP contribution >= 0.6 is 11.6 Å². The highest BCUT2D eigenvalue weighted by molar-refractivity contribution is 6.30. The first kappa shape index (κ1) is 19.6. The van der Waals surface area contributed by atoms with E-state index >= 15 is 0 Å². The van der Waals surface area contributed by atoms with Gasteiger partial charge in [0, 0.05) is 30.2 Å². The van der Waals surface area contributed by atoms with Crippen LogP contribution in [0.5, 0.6) is 0 Å². The number of carbonyl (C=O) groups excluding carboxylic acids is 2. The number of piperidine rings is 1. The van der Waals surface area contributed by atoms with Crippen LogP contribution < -0.4 is 5.32 Å². The molecule has 146 valence electrons. The molecule has 7 nitrogen and oxygen atoms in total. The van der Waals surface area contributed by atoms with Crippen LogP contribution in [0.4, 0.5) is 5.69 Å². The number of anilines is 1. The quantitative estimate of drug-likeness (QED) is 0.806. The third-order valence-corrected chi connectivity index (χ3v) is 5.05. The Morgan fingerprint density at radius 1 is 1.41 bits per heavy atom. The molecule has 8 heteroatoms. The summed E-state index contributed by atoms with van der Waals surface area (Å²) in [5.74, 6) is 0.688. The van der Waals surface area contributed by atoms with Crippen molar-refractivity contribution in [2.24, 2.45) is 11.0 Å². The lowest BCUT2D eigenvalue weighted by Gasteiger charge is -2.39. The number of rotatable bonds is 6. The van der Waals surface area contributed by atoms with Gasteiger partial charge in [-0.1, -0.05) is 17.7 Å². The Morgan fingerprint density at radius 3 is 2.96 bits per heavy atom. The van der Waals surface area contributed by atoms with Gasteiger partial charge < -0.3 is 15.1 Å². The van der Waals surface area contributed by atoms with Gasteiger partial charge in [0.15, 0.2) is 0 Å². The molecule has 0 bridgehead atoms. The molecule has 2 heterocycles. The summed E-state index contributed by atoms with van der Waals surface area (Å²) < 4.78 is 0. The van der Waals surface area contributed by atoms with E-state index in [1.165, 1.54) is 0 Å². The van der Waals surface area contributed by atoms with Crippen LogP contribution in [0.3, 0.4) is 0 Å². The number of hydrazone groups is 1. The average Bonchev–Trinajstić information content (AvgIpc) is 2.61. The zero-order valence-electron chi connectivity index (χ0n) is 15.8. The molecule has 2 amide bonds. The number of hydrogen-bond acceptors (Lipinski definition) is 5. The van der Waals surface area contributed by atoms with E-state index in [0.717, 1.165) is 25.2 Å². The van der Waals surface area contributed by atoms with Crippen molar-refractivity contribution >= 4 is 34.9 Å². The Bertz CT molecular complexity index is 737. The molecule has 1 unspecified atom stereocenters. The van der Waals surface area contributed by atoms with Crippen LogP contribution in [0, 0.1) is 5.92 Å². The number of amides is 2. The first-order valence-corrected chi connectivity index (χ1v) is 9.64. The highest BCUT2D eigenvalue weighted by atomic mass is 35.5. The fourth-order valence-corrected chi connectivity index (χ4v) is 3.56. The maximum Gasteiger partial charge on any atom is 0.262 e. The Morgan fingerprint density at radius 2 is 2.22 bits per heavy atom. The molecular weight excluding hydrogens is 366 g/mol. The van der Waals surface area contributed by atoms with Crippen LogP contribution in [-0.4, -0.2) is 72.7 Å². The number of halogens is 1. The second-order valence-corrected chi connectivity index (χ2v) is 7.74. The number of nitrogens with zero attached hydrogens (tertiary/aromatic N) is 4. The molecule has 1 aromatic rings. The molecule has 0 spiro atoms. The van der Waals surface area contributed by atoms with Crippen molar-refractivity contribution in [3.63, 3.8) is 0 Å². The van der Waals surface area contributed by atoms with E-state index in [0.29, 0.717) is 36.8 Å². The molecule has 1 atom stereocenters. The van der Waals surface area contributed by atoms with E-state index in [2.05, 4.69) is 15.3 Å². The van der Waals surface area contributed by atoms with Crippen molar-refractivity contribution in [1.29, 1.82) is 0 Å². The second-order valence-electron chi connectivity index (χ2n) is 7.31. The van der Waals surface area contributed by atoms with Gasteiger partial charge in [-0.2, -0.15) is 5.10 Å². The number of hydrogen-bond donors (Lipinski definition) is 1. The van der Waals surface area contributed by atoms with E-state index in [4.69, 9.17) is 11.6 Å². The van der Waals surface area contributed by atoms with Crippen molar-refractivity contribution in [1.82, 2.24) is 14.8 Å². The molecule has 0 aromatic heterocycles. The molecule has 2 aliphatic rings. The summed E-state index contributed by atoms with van der Waals surface area (Å²) in [7, 11) is 4.03. The van der Waals surface area contributed by atoms with Crippen molar-refractivity contribution in [3.05, 3.63) is 29.3 Å². The predicted octanol–water partition coefficient (Wildman–Crippen LogP) is 2.10. The summed E-state index contributed by atoms with van der Waals surface area (Å²) in [5.41, 5.74) is 0.689. The van der Waals surface area contributed by atoms with Gasteiger partial charge in [-0.25, -0.2) is 5.01 Å². The molecule has 0 radical (unpaired) electrons. The average molecular weight is 392 g/mol. The predicted molar refractivity (Wildman–Crippen MR) is 107 cm³/mol. The van der Waals surface area contributed by atoms with Crippen LogP contribution in [0.15, 0.2) is 29.4 Å². The van der Waals surface area contributed by atoms with Crippen LogP contribution in [0.1, 0.15) is 19.3 Å². The molecular formula is C19H26ClN5O2. The van der Waals surface area contributed by atoms with Crippen LogP contribution in [0.25, 0.3) is 0 Å². The smallest absolute Gasteiger partial charge is 0.262 e. The van der Waals surface area contributed by atoms with Gasteiger partial charge in [-0.15, -0.1) is 0 Å². The summed E-state index contributed by atoms with van der Waals surface area (Å²) in [6.45, 7) is 2.36. The first-order chi connectivity index (χ1) is 12.9. The fourth-order valence-electron chi connectivity index (χ4n) is 3.37. The highest BCUT2D eigenvalue weighted by Gasteiger charge is 2.34. The molecule has 1 aromatic carbocycles. The van der Waals surface area contributed by atoms with Gasteiger partial charge in [-0.05, 0) is 51.7 Å². The summed E-state index contributed by atoms with van der Waals surface area (Å²) in [4.78, 5) is 29.0. The van der Waals surface area contributed by atoms with Gasteiger partial charge in [-0.3, -0.25) is 9.59 Å². The van der Waals surface area contributed by atoms with Gasteiger partial charge >= 0.3 is 0 Å². The molecule has 1 saturated heterocycles. The Kier molecular flexibility index (Phi) is 6.34. The molecule has 1 N–H and O–H groups in total. The van der Waals surface area contributed by atoms with Crippen LogP contribution in [-0.2, 0) is 9.59 Å². The highest BCUT2D eigenvalue weighted by Crippen LogP contribution is 2.24. The molecule has 0 saturated carbocycles. The summed E-state index contributed by atoms with van der Waals surface area (Å²) in [6.07, 6.45) is 2.31. The summed E-state index contributed by atoms with van der Waals surface area (Å²) in [6, 6.07) is 7.11. The van der Waals surface area contributed by atoms with Crippen molar-refractivity contribution < 1.29 is 9.59 Å². The van der Waals surface area contributed by atoms with E-state index in [1.54, 1.807) is 23.2 Å². The lowest BCUT2D eigenvalue weighted by atomic mass is 9.95. The summed E-state index contributed by atoms with van der Waals surface area (Å²) in [5, 5.41) is 9.62. The third-order valence-electron chi connectivity index (χ3n) is 4.81. The lowest BCUT2D eigenvalue weighted by Crippen LogP contribution is -2.52. The van der Waals surface area contributed by atoms with E-state index < -0.39 is 0 Å². The Labute approximate surface area is 164 Å². The first-order valence-electron chi connectivity index (χ1n) is 9.26. The number of carbonyl (C=O) groups is 2. The Balaban J connectivity index is 1.57. The molecule has 2 aliphatic heterocycles. The van der Waals surface area contributed by atoms with Crippen LogP contribution in [0.2, 0.25) is 5.02 Å². The number of nitrogens with one attached hydrogen (secondary N) is 1. The lowest BCUT2D eigenvalue weighted by molar-refractivity contribution is -0.134. The van der Waals surface area contributed by atoms with E-state index in [-0.39, 0.29) is 17.7 Å². The zero-order valence-corrected chi connectivity index (χ0v) is 16.6. The van der Waals surface area contributed by atoms with E-state index in [9.17, 15) is 9.59 Å². The molecule has 3 rings (SSSR count). The van der Waals surface area contributed by atoms with Gasteiger partial charge in [0.2, 0.25) is 5.91 Å². The van der Waals surface area contributed by atoms with Crippen molar-refractivity contribution in [2.45, 2.75) is 19.3 Å². The van der Waals surface area contributed by atoms with Gasteiger partial charge in [0.05, 0.1) is 5.92 Å². The monoisotopic (exact) mass is 391 g/mol. The number of benzene rings is 1. The second kappa shape index (κ2) is 8.71. The number of amidine groups is 1. The largest absolute Gasteiger partial charge is 0.348 e. The summed E-state index contributed by atoms with van der Waals surface area (Å²) >= 11 is 5.97. The minimum Gasteiger partial charge on any atom is -0.348 e. The normalized spacial score (nSPS) is 19.8. The molecule has 27 heavy (non-hydrogen) atoms. The SMILES string of the molecule is CN(C)CCCN1N=C2CCC(C(=O)Nc3cccc(Cl)c3)CN2CC1=O. The Hall–Kier alpha value is -2.12. The minimum absolute atomic E-state index is 0.00611. The minimum atomic E-state index is -0.170.